The van der Waals surface area contributed by atoms with Crippen molar-refractivity contribution in [3.05, 3.63) is 102 Å². The zero-order valence-electron chi connectivity index (χ0n) is 26.0. The number of para-hydroxylation sites is 1. The lowest BCUT2D eigenvalue weighted by Gasteiger charge is -2.39. The van der Waals surface area contributed by atoms with E-state index in [4.69, 9.17) is 4.74 Å². The van der Waals surface area contributed by atoms with Gasteiger partial charge in [0, 0.05) is 44.8 Å². The molecule has 0 spiro atoms. The molecular formula is C36H41N5O5. The lowest BCUT2D eigenvalue weighted by atomic mass is 9.99. The van der Waals surface area contributed by atoms with E-state index >= 15 is 0 Å². The summed E-state index contributed by atoms with van der Waals surface area (Å²) < 4.78 is 5.66. The highest BCUT2D eigenvalue weighted by Gasteiger charge is 2.41. The molecule has 0 bridgehead atoms. The van der Waals surface area contributed by atoms with Gasteiger partial charge in [-0.1, -0.05) is 72.8 Å². The second kappa shape index (κ2) is 14.6. The van der Waals surface area contributed by atoms with Gasteiger partial charge in [-0.25, -0.2) is 0 Å². The predicted octanol–water partition coefficient (Wildman–Crippen LogP) is 2.52. The van der Waals surface area contributed by atoms with Crippen molar-refractivity contribution in [1.82, 2.24) is 25.3 Å². The van der Waals surface area contributed by atoms with E-state index in [1.165, 1.54) is 0 Å². The van der Waals surface area contributed by atoms with Crippen molar-refractivity contribution < 1.29 is 23.9 Å². The Bertz CT molecular complexity index is 1530. The summed E-state index contributed by atoms with van der Waals surface area (Å²) in [5.74, 6) is -0.0103. The molecule has 2 atom stereocenters. The third kappa shape index (κ3) is 7.56. The normalized spacial score (nSPS) is 21.1. The molecule has 0 radical (unpaired) electrons. The summed E-state index contributed by atoms with van der Waals surface area (Å²) in [6, 6.07) is 26.0. The molecular weight excluding hydrogens is 582 g/mol. The number of carbonyl (C=O) groups excluding carboxylic acids is 4. The topological polar surface area (TPSA) is 111 Å². The van der Waals surface area contributed by atoms with Gasteiger partial charge in [0.25, 0.3) is 5.91 Å². The number of benzene rings is 3. The molecule has 0 aliphatic carbocycles. The molecule has 3 heterocycles. The van der Waals surface area contributed by atoms with Gasteiger partial charge in [-0.05, 0) is 48.1 Å². The fraction of sp³-hybridized carbons (Fsp3) is 0.389. The molecule has 2 saturated heterocycles. The first-order valence-electron chi connectivity index (χ1n) is 16.1. The molecule has 3 aromatic carbocycles. The molecule has 4 amide bonds. The van der Waals surface area contributed by atoms with Gasteiger partial charge in [0.1, 0.15) is 18.3 Å². The number of likely N-dealkylation sites (tertiary alicyclic amines) is 1. The first-order chi connectivity index (χ1) is 22.4. The van der Waals surface area contributed by atoms with E-state index in [1.54, 1.807) is 14.7 Å². The summed E-state index contributed by atoms with van der Waals surface area (Å²) in [7, 11) is 0. The Kier molecular flexibility index (Phi) is 9.93. The van der Waals surface area contributed by atoms with Crippen molar-refractivity contribution in [2.45, 2.75) is 56.9 Å². The molecule has 46 heavy (non-hydrogen) atoms. The first-order valence-corrected chi connectivity index (χ1v) is 16.1. The van der Waals surface area contributed by atoms with Crippen molar-refractivity contribution in [3.63, 3.8) is 0 Å². The zero-order valence-corrected chi connectivity index (χ0v) is 26.0. The minimum atomic E-state index is -0.631. The third-order valence-corrected chi connectivity index (χ3v) is 9.26. The summed E-state index contributed by atoms with van der Waals surface area (Å²) in [6.07, 6.45) is 1.74. The van der Waals surface area contributed by atoms with Gasteiger partial charge < -0.3 is 30.1 Å². The van der Waals surface area contributed by atoms with Crippen LogP contribution >= 0.6 is 0 Å². The largest absolute Gasteiger partial charge is 0.484 e. The summed E-state index contributed by atoms with van der Waals surface area (Å²) in [4.78, 5) is 59.4. The number of rotatable bonds is 7. The number of amides is 4. The molecule has 0 aromatic heterocycles. The Morgan fingerprint density at radius 3 is 2.24 bits per heavy atom. The lowest BCUT2D eigenvalue weighted by Crippen LogP contribution is -2.55. The Morgan fingerprint density at radius 1 is 0.826 bits per heavy atom. The second-order valence-electron chi connectivity index (χ2n) is 12.3. The lowest BCUT2D eigenvalue weighted by molar-refractivity contribution is -0.146. The number of hydrogen-bond acceptors (Lipinski definition) is 6. The number of carbonyl (C=O) groups is 4. The van der Waals surface area contributed by atoms with E-state index in [1.807, 2.05) is 84.9 Å². The maximum atomic E-state index is 14.0. The number of hydrogen-bond donors (Lipinski definition) is 2. The third-order valence-electron chi connectivity index (χ3n) is 9.26. The van der Waals surface area contributed by atoms with E-state index < -0.39 is 6.04 Å². The molecule has 6 rings (SSSR count). The van der Waals surface area contributed by atoms with Gasteiger partial charge in [0.2, 0.25) is 17.7 Å². The Hall–Kier alpha value is -4.70. The quantitative estimate of drug-likeness (QED) is 0.419. The zero-order chi connectivity index (χ0) is 31.9. The summed E-state index contributed by atoms with van der Waals surface area (Å²) in [5, 5.41) is 6.56. The van der Waals surface area contributed by atoms with E-state index in [-0.39, 0.29) is 61.8 Å². The van der Waals surface area contributed by atoms with Crippen molar-refractivity contribution in [3.8, 4) is 5.75 Å². The monoisotopic (exact) mass is 623 g/mol. The fourth-order valence-corrected chi connectivity index (χ4v) is 6.67. The van der Waals surface area contributed by atoms with Gasteiger partial charge in [-0.3, -0.25) is 19.2 Å². The van der Waals surface area contributed by atoms with Crippen LogP contribution in [0.1, 0.15) is 36.0 Å². The highest BCUT2D eigenvalue weighted by atomic mass is 16.5. The summed E-state index contributed by atoms with van der Waals surface area (Å²) >= 11 is 0. The Morgan fingerprint density at radius 2 is 1.50 bits per heavy atom. The van der Waals surface area contributed by atoms with Crippen LogP contribution in [0.3, 0.4) is 0 Å². The van der Waals surface area contributed by atoms with Crippen LogP contribution in [0.4, 0.5) is 0 Å². The minimum absolute atomic E-state index is 0.0511. The van der Waals surface area contributed by atoms with Gasteiger partial charge >= 0.3 is 0 Å². The number of ether oxygens (including phenoxy) is 1. The predicted molar refractivity (Wildman–Crippen MR) is 172 cm³/mol. The SMILES string of the molecule is O=C1NCc2ccccc2CC(=O)N(C2CCN(C(=O)COc3ccccc3)CC2)CC(=O)N2C[C@@H](NCc3ccccc3)C[C@@H]12. The average Bonchev–Trinajstić information content (AvgIpc) is 3.53. The van der Waals surface area contributed by atoms with Crippen LogP contribution < -0.4 is 15.4 Å². The number of nitrogens with zero attached hydrogens (tertiary/aromatic N) is 3. The number of nitrogens with one attached hydrogen (secondary N) is 2. The molecule has 10 heteroatoms. The molecule has 3 aliphatic heterocycles. The maximum Gasteiger partial charge on any atom is 0.260 e. The Labute approximate surface area is 269 Å². The standard InChI is InChI=1S/C36H41N5O5/c42-33-19-27-11-7-8-12-28(27)22-38-36(45)32-20-29(37-21-26-9-3-1-4-10-26)23-41(32)34(43)24-40(33)30-15-17-39(18-16-30)35(44)25-46-31-13-5-2-6-14-31/h1-14,29-30,32,37H,15-25H2,(H,38,45)/t29-,32-/m0/s1. The summed E-state index contributed by atoms with van der Waals surface area (Å²) in [5.41, 5.74) is 2.85. The molecule has 3 aromatic rings. The van der Waals surface area contributed by atoms with Crippen LogP contribution in [0.25, 0.3) is 0 Å². The molecule has 2 fully saturated rings. The molecule has 2 N–H and O–H groups in total. The van der Waals surface area contributed by atoms with Gasteiger partial charge in [-0.2, -0.15) is 0 Å². The smallest absolute Gasteiger partial charge is 0.260 e. The van der Waals surface area contributed by atoms with E-state index in [0.717, 1.165) is 16.7 Å². The highest BCUT2D eigenvalue weighted by molar-refractivity contribution is 5.91. The maximum absolute atomic E-state index is 14.0. The van der Waals surface area contributed by atoms with Gasteiger partial charge in [-0.15, -0.1) is 0 Å². The minimum Gasteiger partial charge on any atom is -0.484 e. The van der Waals surface area contributed by atoms with Crippen LogP contribution in [-0.2, 0) is 38.7 Å². The van der Waals surface area contributed by atoms with Crippen LogP contribution in [0.5, 0.6) is 5.75 Å². The number of fused-ring (bicyclic) bond motifs is 2. The van der Waals surface area contributed by atoms with Crippen molar-refractivity contribution in [2.24, 2.45) is 0 Å². The molecule has 240 valence electrons. The van der Waals surface area contributed by atoms with Crippen LogP contribution in [-0.4, -0.2) is 89.2 Å². The van der Waals surface area contributed by atoms with Crippen LogP contribution in [0.2, 0.25) is 0 Å². The van der Waals surface area contributed by atoms with Crippen molar-refractivity contribution in [1.29, 1.82) is 0 Å². The van der Waals surface area contributed by atoms with Crippen LogP contribution in [0, 0.1) is 0 Å². The average molecular weight is 624 g/mol. The first kappa shape index (κ1) is 31.3. The van der Waals surface area contributed by atoms with Crippen molar-refractivity contribution >= 4 is 23.6 Å². The Balaban J connectivity index is 1.16. The fourth-order valence-electron chi connectivity index (χ4n) is 6.67. The van der Waals surface area contributed by atoms with E-state index in [9.17, 15) is 19.2 Å². The van der Waals surface area contributed by atoms with Crippen LogP contribution in [0.15, 0.2) is 84.9 Å². The highest BCUT2D eigenvalue weighted by Crippen LogP contribution is 2.24. The van der Waals surface area contributed by atoms with Crippen molar-refractivity contribution in [2.75, 3.05) is 32.8 Å². The van der Waals surface area contributed by atoms with E-state index in [2.05, 4.69) is 10.6 Å². The molecule has 0 saturated carbocycles. The van der Waals surface area contributed by atoms with E-state index in [0.29, 0.717) is 51.2 Å². The second-order valence-corrected chi connectivity index (χ2v) is 12.3. The molecule has 3 aliphatic rings. The van der Waals surface area contributed by atoms with Gasteiger partial charge in [0.15, 0.2) is 6.61 Å². The van der Waals surface area contributed by atoms with Gasteiger partial charge in [0.05, 0.1) is 6.42 Å². The summed E-state index contributed by atoms with van der Waals surface area (Å²) in [6.45, 7) is 2.09. The molecule has 0 unspecified atom stereocenters. The number of piperidine rings is 1. The molecule has 10 nitrogen and oxygen atoms in total.